The number of thiazole rings is 1. The van der Waals surface area contributed by atoms with Gasteiger partial charge in [0.05, 0.1) is 18.8 Å². The van der Waals surface area contributed by atoms with E-state index in [4.69, 9.17) is 4.74 Å². The molecule has 170 valence electrons. The average molecular weight is 464 g/mol. The summed E-state index contributed by atoms with van der Waals surface area (Å²) < 4.78 is 5.12. The lowest BCUT2D eigenvalue weighted by Crippen LogP contribution is -2.30. The normalized spacial score (nSPS) is 12.8. The summed E-state index contributed by atoms with van der Waals surface area (Å²) in [6, 6.07) is 16.4. The number of aryl methyl sites for hydroxylation is 1. The van der Waals surface area contributed by atoms with E-state index in [2.05, 4.69) is 10.3 Å². The molecule has 4 rings (SSSR count). The Hall–Kier alpha value is -3.52. The molecule has 8 heteroatoms. The van der Waals surface area contributed by atoms with Crippen molar-refractivity contribution in [3.63, 3.8) is 0 Å². The van der Waals surface area contributed by atoms with Gasteiger partial charge < -0.3 is 10.1 Å². The van der Waals surface area contributed by atoms with Crippen LogP contribution in [0.3, 0.4) is 0 Å². The van der Waals surface area contributed by atoms with Crippen LogP contribution in [0.4, 0.5) is 10.8 Å². The summed E-state index contributed by atoms with van der Waals surface area (Å²) >= 11 is 1.14. The molecule has 33 heavy (non-hydrogen) atoms. The second-order valence-corrected chi connectivity index (χ2v) is 8.83. The van der Waals surface area contributed by atoms with Gasteiger partial charge in [-0.05, 0) is 56.5 Å². The molecule has 1 saturated carbocycles. The summed E-state index contributed by atoms with van der Waals surface area (Å²) in [4.78, 5) is 44.2. The Morgan fingerprint density at radius 1 is 1.09 bits per heavy atom. The second-order valence-electron chi connectivity index (χ2n) is 7.85. The Bertz CT molecular complexity index is 1150. The van der Waals surface area contributed by atoms with Crippen molar-refractivity contribution in [2.75, 3.05) is 16.8 Å². The van der Waals surface area contributed by atoms with E-state index in [9.17, 15) is 14.4 Å². The maximum absolute atomic E-state index is 13.5. The van der Waals surface area contributed by atoms with Gasteiger partial charge in [0.2, 0.25) is 5.91 Å². The van der Waals surface area contributed by atoms with Gasteiger partial charge in [-0.2, -0.15) is 0 Å². The smallest absolute Gasteiger partial charge is 0.350 e. The number of nitrogens with one attached hydrogen (secondary N) is 1. The number of hydrogen-bond acceptors (Lipinski definition) is 6. The first-order valence-corrected chi connectivity index (χ1v) is 11.7. The summed E-state index contributed by atoms with van der Waals surface area (Å²) in [6.45, 7) is 4.04. The van der Waals surface area contributed by atoms with Gasteiger partial charge in [-0.25, -0.2) is 9.78 Å². The van der Waals surface area contributed by atoms with E-state index in [1.165, 1.54) is 0 Å². The average Bonchev–Trinajstić information content (AvgIpc) is 3.60. The van der Waals surface area contributed by atoms with Gasteiger partial charge in [0, 0.05) is 17.2 Å². The minimum absolute atomic E-state index is 0.0181. The van der Waals surface area contributed by atoms with Crippen molar-refractivity contribution in [3.8, 4) is 0 Å². The highest BCUT2D eigenvalue weighted by atomic mass is 32.1. The highest BCUT2D eigenvalue weighted by Gasteiger charge is 2.30. The molecule has 1 fully saturated rings. The molecule has 1 aromatic heterocycles. The Labute approximate surface area is 196 Å². The van der Waals surface area contributed by atoms with Gasteiger partial charge >= 0.3 is 5.97 Å². The van der Waals surface area contributed by atoms with Crippen molar-refractivity contribution in [1.29, 1.82) is 0 Å². The fourth-order valence-corrected chi connectivity index (χ4v) is 4.28. The van der Waals surface area contributed by atoms with Crippen molar-refractivity contribution >= 4 is 39.9 Å². The minimum Gasteiger partial charge on any atom is -0.462 e. The third-order valence-corrected chi connectivity index (χ3v) is 6.41. The van der Waals surface area contributed by atoms with Gasteiger partial charge in [-0.1, -0.05) is 41.7 Å². The third-order valence-electron chi connectivity index (χ3n) is 5.25. The first kappa shape index (κ1) is 22.7. The monoisotopic (exact) mass is 463 g/mol. The van der Waals surface area contributed by atoms with Crippen LogP contribution in [-0.2, 0) is 16.1 Å². The molecular weight excluding hydrogens is 438 g/mol. The number of hydrogen-bond donors (Lipinski definition) is 1. The maximum Gasteiger partial charge on any atom is 0.350 e. The van der Waals surface area contributed by atoms with E-state index < -0.39 is 5.97 Å². The quantitative estimate of drug-likeness (QED) is 0.484. The molecule has 0 aliphatic heterocycles. The van der Waals surface area contributed by atoms with Gasteiger partial charge in [-0.3, -0.25) is 14.5 Å². The zero-order valence-electron chi connectivity index (χ0n) is 18.5. The van der Waals surface area contributed by atoms with Crippen LogP contribution in [0.5, 0.6) is 0 Å². The lowest BCUT2D eigenvalue weighted by Gasteiger charge is -2.20. The van der Waals surface area contributed by atoms with E-state index >= 15 is 0 Å². The van der Waals surface area contributed by atoms with Crippen LogP contribution in [0.25, 0.3) is 0 Å². The third kappa shape index (κ3) is 5.46. The number of esters is 1. The van der Waals surface area contributed by atoms with E-state index in [1.54, 1.807) is 43.0 Å². The first-order chi connectivity index (χ1) is 16.0. The molecule has 7 nitrogen and oxygen atoms in total. The second kappa shape index (κ2) is 9.95. The summed E-state index contributed by atoms with van der Waals surface area (Å²) in [6.07, 6.45) is 1.86. The first-order valence-electron chi connectivity index (χ1n) is 10.9. The van der Waals surface area contributed by atoms with Crippen molar-refractivity contribution in [3.05, 3.63) is 76.3 Å². The van der Waals surface area contributed by atoms with Crippen molar-refractivity contribution in [2.24, 2.45) is 5.92 Å². The Morgan fingerprint density at radius 3 is 2.42 bits per heavy atom. The SMILES string of the molecule is CCOC(=O)c1sc(N(Cc2ccccc2)C(=O)c2ccc(NC(=O)C3CC3)cc2)nc1C. The highest BCUT2D eigenvalue weighted by Crippen LogP contribution is 2.31. The molecular formula is C25H25N3O4S. The van der Waals surface area contributed by atoms with Crippen LogP contribution in [-0.4, -0.2) is 29.4 Å². The molecule has 1 heterocycles. The van der Waals surface area contributed by atoms with Crippen LogP contribution in [0.2, 0.25) is 0 Å². The lowest BCUT2D eigenvalue weighted by molar-refractivity contribution is -0.117. The molecule has 2 aromatic carbocycles. The van der Waals surface area contributed by atoms with Gasteiger partial charge in [0.15, 0.2) is 5.13 Å². The Kier molecular flexibility index (Phi) is 6.84. The summed E-state index contributed by atoms with van der Waals surface area (Å²) in [5.41, 5.74) is 2.58. The molecule has 1 N–H and O–H groups in total. The lowest BCUT2D eigenvalue weighted by atomic mass is 10.1. The zero-order valence-corrected chi connectivity index (χ0v) is 19.4. The van der Waals surface area contributed by atoms with Crippen molar-refractivity contribution in [2.45, 2.75) is 33.2 Å². The standard InChI is InChI=1S/C25H25N3O4S/c1-3-32-24(31)21-16(2)26-25(33-21)28(15-17-7-5-4-6-8-17)23(30)19-11-13-20(14-12-19)27-22(29)18-9-10-18/h4-8,11-14,18H,3,9-10,15H2,1-2H3,(H,27,29). The number of anilines is 2. The molecule has 0 atom stereocenters. The predicted octanol–water partition coefficient (Wildman–Crippen LogP) is 4.82. The number of carbonyl (C=O) groups is 3. The fourth-order valence-electron chi connectivity index (χ4n) is 3.32. The van der Waals surface area contributed by atoms with Crippen LogP contribution in [0, 0.1) is 12.8 Å². The Balaban J connectivity index is 1.60. The summed E-state index contributed by atoms with van der Waals surface area (Å²) in [5.74, 6) is -0.566. The molecule has 2 amide bonds. The molecule has 0 spiro atoms. The largest absolute Gasteiger partial charge is 0.462 e. The number of amides is 2. The van der Waals surface area contributed by atoms with Crippen LogP contribution in [0.15, 0.2) is 54.6 Å². The number of carbonyl (C=O) groups excluding carboxylic acids is 3. The molecule has 0 bridgehead atoms. The molecule has 0 saturated heterocycles. The summed E-state index contributed by atoms with van der Waals surface area (Å²) in [7, 11) is 0. The summed E-state index contributed by atoms with van der Waals surface area (Å²) in [5, 5.41) is 3.31. The number of benzene rings is 2. The molecule has 3 aromatic rings. The van der Waals surface area contributed by atoms with E-state index in [0.29, 0.717) is 33.5 Å². The van der Waals surface area contributed by atoms with E-state index in [1.807, 2.05) is 30.3 Å². The minimum atomic E-state index is -0.443. The predicted molar refractivity (Wildman–Crippen MR) is 128 cm³/mol. The fraction of sp³-hybridized carbons (Fsp3) is 0.280. The van der Waals surface area contributed by atoms with Gasteiger partial charge in [0.25, 0.3) is 5.91 Å². The molecule has 0 unspecified atom stereocenters. The molecule has 1 aliphatic carbocycles. The Morgan fingerprint density at radius 2 is 1.79 bits per heavy atom. The highest BCUT2D eigenvalue weighted by molar-refractivity contribution is 7.17. The number of aromatic nitrogens is 1. The van der Waals surface area contributed by atoms with Crippen molar-refractivity contribution in [1.82, 2.24) is 4.98 Å². The molecule has 0 radical (unpaired) electrons. The number of nitrogens with zero attached hydrogens (tertiary/aromatic N) is 2. The van der Waals surface area contributed by atoms with Crippen LogP contribution < -0.4 is 10.2 Å². The van der Waals surface area contributed by atoms with Crippen LogP contribution >= 0.6 is 11.3 Å². The van der Waals surface area contributed by atoms with E-state index in [0.717, 1.165) is 29.7 Å². The van der Waals surface area contributed by atoms with Crippen LogP contribution in [0.1, 0.15) is 51.1 Å². The zero-order chi connectivity index (χ0) is 23.4. The topological polar surface area (TPSA) is 88.6 Å². The molecule has 1 aliphatic rings. The van der Waals surface area contributed by atoms with Gasteiger partial charge in [-0.15, -0.1) is 0 Å². The number of ether oxygens (including phenoxy) is 1. The van der Waals surface area contributed by atoms with Crippen molar-refractivity contribution < 1.29 is 19.1 Å². The number of rotatable bonds is 8. The maximum atomic E-state index is 13.5. The van der Waals surface area contributed by atoms with E-state index in [-0.39, 0.29) is 24.3 Å². The van der Waals surface area contributed by atoms with Gasteiger partial charge in [0.1, 0.15) is 4.88 Å².